The van der Waals surface area contributed by atoms with E-state index in [1.807, 2.05) is 32.0 Å². The molecule has 0 unspecified atom stereocenters. The van der Waals surface area contributed by atoms with E-state index in [9.17, 15) is 14.9 Å². The summed E-state index contributed by atoms with van der Waals surface area (Å²) in [6.07, 6.45) is 1.42. The lowest BCUT2D eigenvalue weighted by atomic mass is 10.2. The van der Waals surface area contributed by atoms with E-state index in [2.05, 4.69) is 5.10 Å². The molecule has 8 heteroatoms. The van der Waals surface area contributed by atoms with Gasteiger partial charge in [-0.3, -0.25) is 4.79 Å². The number of hydrogen-bond acceptors (Lipinski definition) is 4. The van der Waals surface area contributed by atoms with Gasteiger partial charge < -0.3 is 15.0 Å². The Morgan fingerprint density at radius 1 is 1.43 bits per heavy atom. The van der Waals surface area contributed by atoms with Crippen LogP contribution < -0.4 is 0 Å². The zero-order valence-electron chi connectivity index (χ0n) is 12.8. The molecule has 7 nitrogen and oxygen atoms in total. The van der Waals surface area contributed by atoms with E-state index < -0.39 is 4.92 Å². The molecule has 2 rings (SSSR count). The topological polar surface area (TPSA) is 81.3 Å². The minimum absolute atomic E-state index is 0.0213. The van der Waals surface area contributed by atoms with Crippen LogP contribution in [0.15, 0.2) is 36.5 Å². The Balaban J connectivity index is 2.10. The average Bonchev–Trinajstić information content (AvgIpc) is 2.93. The molecule has 0 aliphatic carbocycles. The van der Waals surface area contributed by atoms with E-state index >= 15 is 0 Å². The molecule has 0 spiro atoms. The SMILES string of the molecule is CC(C)N(Cc1cccc(Cl)c1)C(=O)Cn1ccc([N+](=O)[O-])n1. The lowest BCUT2D eigenvalue weighted by Crippen LogP contribution is -2.38. The summed E-state index contributed by atoms with van der Waals surface area (Å²) in [6.45, 7) is 4.19. The molecule has 0 radical (unpaired) electrons. The second kappa shape index (κ2) is 7.23. The molecular weight excluding hydrogens is 320 g/mol. The standard InChI is InChI=1S/C15H17ClN4O3/c1-11(2)19(9-12-4-3-5-13(16)8-12)15(21)10-18-7-6-14(17-18)20(22)23/h3-8,11H,9-10H2,1-2H3. The van der Waals surface area contributed by atoms with Crippen LogP contribution in [-0.2, 0) is 17.9 Å². The molecule has 0 saturated carbocycles. The van der Waals surface area contributed by atoms with E-state index in [1.54, 1.807) is 11.0 Å². The number of halogens is 1. The third kappa shape index (κ3) is 4.53. The van der Waals surface area contributed by atoms with Crippen molar-refractivity contribution in [3.63, 3.8) is 0 Å². The monoisotopic (exact) mass is 336 g/mol. The lowest BCUT2D eigenvalue weighted by molar-refractivity contribution is -0.389. The Bertz CT molecular complexity index is 714. The van der Waals surface area contributed by atoms with Crippen LogP contribution in [0.1, 0.15) is 19.4 Å². The number of aromatic nitrogens is 2. The molecule has 1 amide bonds. The zero-order chi connectivity index (χ0) is 17.0. The summed E-state index contributed by atoms with van der Waals surface area (Å²) in [4.78, 5) is 24.2. The van der Waals surface area contributed by atoms with Crippen LogP contribution in [0, 0.1) is 10.1 Å². The number of amides is 1. The predicted octanol–water partition coefficient (Wildman–Crippen LogP) is 2.88. The normalized spacial score (nSPS) is 10.8. The summed E-state index contributed by atoms with van der Waals surface area (Å²) in [5, 5.41) is 15.0. The van der Waals surface area contributed by atoms with E-state index in [0.29, 0.717) is 11.6 Å². The first-order valence-electron chi connectivity index (χ1n) is 7.08. The highest BCUT2D eigenvalue weighted by Gasteiger charge is 2.20. The van der Waals surface area contributed by atoms with Gasteiger partial charge in [0, 0.05) is 17.6 Å². The zero-order valence-corrected chi connectivity index (χ0v) is 13.6. The van der Waals surface area contributed by atoms with Crippen LogP contribution in [0.5, 0.6) is 0 Å². The second-order valence-electron chi connectivity index (χ2n) is 5.37. The van der Waals surface area contributed by atoms with Gasteiger partial charge >= 0.3 is 5.82 Å². The number of carbonyl (C=O) groups is 1. The fourth-order valence-electron chi connectivity index (χ4n) is 2.16. The lowest BCUT2D eigenvalue weighted by Gasteiger charge is -2.26. The van der Waals surface area contributed by atoms with Gasteiger partial charge in [0.15, 0.2) is 0 Å². The second-order valence-corrected chi connectivity index (χ2v) is 5.81. The summed E-state index contributed by atoms with van der Waals surface area (Å²) in [5.74, 6) is -0.443. The average molecular weight is 337 g/mol. The van der Waals surface area contributed by atoms with Crippen molar-refractivity contribution in [1.82, 2.24) is 14.7 Å². The molecule has 0 bridgehead atoms. The third-order valence-corrected chi connectivity index (χ3v) is 3.53. The first-order chi connectivity index (χ1) is 10.9. The molecule has 122 valence electrons. The van der Waals surface area contributed by atoms with Gasteiger partial charge in [-0.2, -0.15) is 4.68 Å². The fraction of sp³-hybridized carbons (Fsp3) is 0.333. The number of rotatable bonds is 6. The van der Waals surface area contributed by atoms with Gasteiger partial charge in [0.25, 0.3) is 0 Å². The van der Waals surface area contributed by atoms with E-state index in [0.717, 1.165) is 5.56 Å². The maximum absolute atomic E-state index is 12.5. The molecule has 23 heavy (non-hydrogen) atoms. The summed E-state index contributed by atoms with van der Waals surface area (Å²) in [7, 11) is 0. The summed E-state index contributed by atoms with van der Waals surface area (Å²) in [6, 6.07) is 8.56. The number of hydrogen-bond donors (Lipinski definition) is 0. The van der Waals surface area contributed by atoms with Crippen molar-refractivity contribution in [2.45, 2.75) is 33.0 Å². The molecule has 0 fully saturated rings. The minimum atomic E-state index is -0.590. The molecule has 1 aromatic carbocycles. The van der Waals surface area contributed by atoms with Crippen LogP contribution in [-0.4, -0.2) is 31.6 Å². The molecule has 2 aromatic rings. The Hall–Kier alpha value is -2.41. The van der Waals surface area contributed by atoms with Crippen molar-refractivity contribution < 1.29 is 9.72 Å². The van der Waals surface area contributed by atoms with Crippen molar-refractivity contribution in [3.05, 3.63) is 57.2 Å². The van der Waals surface area contributed by atoms with Crippen molar-refractivity contribution in [3.8, 4) is 0 Å². The van der Waals surface area contributed by atoms with Crippen LogP contribution >= 0.6 is 11.6 Å². The van der Waals surface area contributed by atoms with Gasteiger partial charge in [0.2, 0.25) is 5.91 Å². The summed E-state index contributed by atoms with van der Waals surface area (Å²) in [5.41, 5.74) is 0.922. The third-order valence-electron chi connectivity index (χ3n) is 3.30. The maximum Gasteiger partial charge on any atom is 0.389 e. The molecule has 1 aromatic heterocycles. The van der Waals surface area contributed by atoms with E-state index in [1.165, 1.54) is 16.9 Å². The molecule has 1 heterocycles. The molecule has 0 saturated heterocycles. The van der Waals surface area contributed by atoms with Crippen LogP contribution in [0.4, 0.5) is 5.82 Å². The Morgan fingerprint density at radius 3 is 2.74 bits per heavy atom. The molecule has 0 atom stereocenters. The largest absolute Gasteiger partial charge is 0.389 e. The summed E-state index contributed by atoms with van der Waals surface area (Å²) < 4.78 is 1.27. The van der Waals surface area contributed by atoms with Gasteiger partial charge in [0.05, 0.1) is 17.4 Å². The van der Waals surface area contributed by atoms with Gasteiger partial charge in [-0.25, -0.2) is 0 Å². The van der Waals surface area contributed by atoms with Gasteiger partial charge in [-0.15, -0.1) is 0 Å². The molecule has 0 aliphatic heterocycles. The number of carbonyl (C=O) groups excluding carboxylic acids is 1. The number of nitro groups is 1. The quantitative estimate of drug-likeness (QED) is 0.600. The van der Waals surface area contributed by atoms with Crippen LogP contribution in [0.2, 0.25) is 5.02 Å². The van der Waals surface area contributed by atoms with Gasteiger partial charge in [-0.05, 0) is 36.5 Å². The van der Waals surface area contributed by atoms with E-state index in [4.69, 9.17) is 11.6 Å². The van der Waals surface area contributed by atoms with Crippen molar-refractivity contribution in [1.29, 1.82) is 0 Å². The Kier molecular flexibility index (Phi) is 5.33. The van der Waals surface area contributed by atoms with Crippen molar-refractivity contribution in [2.24, 2.45) is 0 Å². The predicted molar refractivity (Wildman–Crippen MR) is 86.0 cm³/mol. The molecular formula is C15H17ClN4O3. The number of nitrogens with zero attached hydrogens (tertiary/aromatic N) is 4. The Morgan fingerprint density at radius 2 is 2.17 bits per heavy atom. The van der Waals surface area contributed by atoms with Crippen LogP contribution in [0.3, 0.4) is 0 Å². The van der Waals surface area contributed by atoms with Crippen molar-refractivity contribution >= 4 is 23.3 Å². The maximum atomic E-state index is 12.5. The molecule has 0 aliphatic rings. The molecule has 0 N–H and O–H groups in total. The van der Waals surface area contributed by atoms with Gasteiger partial charge in [-0.1, -0.05) is 23.7 Å². The minimum Gasteiger partial charge on any atom is -0.358 e. The smallest absolute Gasteiger partial charge is 0.358 e. The van der Waals surface area contributed by atoms with Crippen LogP contribution in [0.25, 0.3) is 0 Å². The van der Waals surface area contributed by atoms with Crippen molar-refractivity contribution in [2.75, 3.05) is 0 Å². The highest BCUT2D eigenvalue weighted by atomic mass is 35.5. The van der Waals surface area contributed by atoms with E-state index in [-0.39, 0.29) is 24.3 Å². The fourth-order valence-corrected chi connectivity index (χ4v) is 2.37. The highest BCUT2D eigenvalue weighted by molar-refractivity contribution is 6.30. The first kappa shape index (κ1) is 17.0. The van der Waals surface area contributed by atoms with Gasteiger partial charge in [0.1, 0.15) is 6.54 Å². The Labute approximate surface area is 138 Å². The first-order valence-corrected chi connectivity index (χ1v) is 7.46. The summed E-state index contributed by atoms with van der Waals surface area (Å²) >= 11 is 5.97. The number of benzene rings is 1. The highest BCUT2D eigenvalue weighted by Crippen LogP contribution is 2.15.